The van der Waals surface area contributed by atoms with E-state index in [-0.39, 0.29) is 0 Å². The van der Waals surface area contributed by atoms with Crippen LogP contribution < -0.4 is 10.2 Å². The molecule has 0 amide bonds. The van der Waals surface area contributed by atoms with Crippen LogP contribution in [0.2, 0.25) is 0 Å². The predicted molar refractivity (Wildman–Crippen MR) is 73.1 cm³/mol. The minimum absolute atomic E-state index is 0.556. The highest BCUT2D eigenvalue weighted by atomic mass is 16.4. The zero-order valence-electron chi connectivity index (χ0n) is 11.0. The van der Waals surface area contributed by atoms with Gasteiger partial charge in [0.15, 0.2) is 0 Å². The summed E-state index contributed by atoms with van der Waals surface area (Å²) in [5.74, 6) is 1.20. The first-order valence-corrected chi connectivity index (χ1v) is 6.63. The smallest absolute Gasteiger partial charge is 0.318 e. The normalized spacial score (nSPS) is 19.0. The summed E-state index contributed by atoms with van der Waals surface area (Å²) in [6, 6.07) is 11.3. The van der Waals surface area contributed by atoms with Gasteiger partial charge in [-0.25, -0.2) is 0 Å². The van der Waals surface area contributed by atoms with Gasteiger partial charge in [0.1, 0.15) is 0 Å². The number of aromatic nitrogens is 2. The molecule has 1 aromatic carbocycles. The van der Waals surface area contributed by atoms with Gasteiger partial charge in [-0.2, -0.15) is 0 Å². The lowest BCUT2D eigenvalue weighted by molar-refractivity contribution is 0.476. The number of hydrogen-bond acceptors (Lipinski definition) is 5. The first-order valence-electron chi connectivity index (χ1n) is 6.63. The molecular formula is C14H18N4O. The molecule has 5 heteroatoms. The second kappa shape index (κ2) is 5.40. The van der Waals surface area contributed by atoms with Crippen molar-refractivity contribution in [3.05, 3.63) is 41.8 Å². The molecule has 1 aromatic heterocycles. The molecule has 19 heavy (non-hydrogen) atoms. The topological polar surface area (TPSA) is 54.2 Å². The molecule has 3 rings (SSSR count). The maximum Gasteiger partial charge on any atom is 0.318 e. The van der Waals surface area contributed by atoms with E-state index in [1.807, 2.05) is 7.05 Å². The summed E-state index contributed by atoms with van der Waals surface area (Å²) in [7, 11) is 1.87. The standard InChI is InChI=1S/C14H18N4O/c1-15-9-13-16-17-14(19-13)18-8-7-12(10-18)11-5-3-2-4-6-11/h2-6,12,15H,7-10H2,1H3. The van der Waals surface area contributed by atoms with Crippen molar-refractivity contribution in [2.24, 2.45) is 0 Å². The quantitative estimate of drug-likeness (QED) is 0.906. The lowest BCUT2D eigenvalue weighted by Crippen LogP contribution is -2.19. The molecule has 2 aromatic rings. The Hall–Kier alpha value is -1.88. The second-order valence-electron chi connectivity index (χ2n) is 4.85. The van der Waals surface area contributed by atoms with Crippen molar-refractivity contribution in [1.29, 1.82) is 0 Å². The lowest BCUT2D eigenvalue weighted by atomic mass is 9.99. The maximum atomic E-state index is 5.63. The predicted octanol–water partition coefficient (Wildman–Crippen LogP) is 1.78. The molecule has 1 saturated heterocycles. The SMILES string of the molecule is CNCc1nnc(N2CCC(c3ccccc3)C2)o1. The summed E-state index contributed by atoms with van der Waals surface area (Å²) in [4.78, 5) is 2.17. The highest BCUT2D eigenvalue weighted by Crippen LogP contribution is 2.29. The average molecular weight is 258 g/mol. The highest BCUT2D eigenvalue weighted by molar-refractivity contribution is 5.32. The third-order valence-electron chi connectivity index (χ3n) is 3.51. The van der Waals surface area contributed by atoms with Gasteiger partial charge in [-0.3, -0.25) is 0 Å². The number of nitrogens with one attached hydrogen (secondary N) is 1. The number of nitrogens with zero attached hydrogens (tertiary/aromatic N) is 3. The average Bonchev–Trinajstić information content (AvgIpc) is 3.08. The first-order chi connectivity index (χ1) is 9.36. The monoisotopic (exact) mass is 258 g/mol. The van der Waals surface area contributed by atoms with Crippen molar-refractivity contribution in [3.63, 3.8) is 0 Å². The van der Waals surface area contributed by atoms with Crippen molar-refractivity contribution in [2.45, 2.75) is 18.9 Å². The van der Waals surface area contributed by atoms with Crippen LogP contribution in [0, 0.1) is 0 Å². The molecule has 1 aliphatic heterocycles. The summed E-state index contributed by atoms with van der Waals surface area (Å²) < 4.78 is 5.63. The fourth-order valence-corrected chi connectivity index (χ4v) is 2.53. The zero-order valence-corrected chi connectivity index (χ0v) is 11.0. The Morgan fingerprint density at radius 3 is 2.95 bits per heavy atom. The van der Waals surface area contributed by atoms with E-state index in [4.69, 9.17) is 4.42 Å². The van der Waals surface area contributed by atoms with E-state index in [1.165, 1.54) is 5.56 Å². The second-order valence-corrected chi connectivity index (χ2v) is 4.85. The summed E-state index contributed by atoms with van der Waals surface area (Å²) in [6.45, 7) is 2.54. The summed E-state index contributed by atoms with van der Waals surface area (Å²) in [5, 5.41) is 11.1. The molecule has 1 fully saturated rings. The third-order valence-corrected chi connectivity index (χ3v) is 3.51. The van der Waals surface area contributed by atoms with Crippen LogP contribution in [0.1, 0.15) is 23.8 Å². The van der Waals surface area contributed by atoms with Gasteiger partial charge in [0.2, 0.25) is 5.89 Å². The molecular weight excluding hydrogens is 240 g/mol. The van der Waals surface area contributed by atoms with E-state index >= 15 is 0 Å². The Bertz CT molecular complexity index is 525. The fourth-order valence-electron chi connectivity index (χ4n) is 2.53. The van der Waals surface area contributed by atoms with E-state index in [9.17, 15) is 0 Å². The lowest BCUT2D eigenvalue weighted by Gasteiger charge is -2.13. The summed E-state index contributed by atoms with van der Waals surface area (Å²) in [5.41, 5.74) is 1.39. The fraction of sp³-hybridized carbons (Fsp3) is 0.429. The number of benzene rings is 1. The Labute approximate surface area is 112 Å². The van der Waals surface area contributed by atoms with Crippen molar-refractivity contribution in [2.75, 3.05) is 25.0 Å². The van der Waals surface area contributed by atoms with Crippen LogP contribution >= 0.6 is 0 Å². The Kier molecular flexibility index (Phi) is 3.46. The largest absolute Gasteiger partial charge is 0.407 e. The minimum atomic E-state index is 0.556. The number of hydrogen-bond donors (Lipinski definition) is 1. The van der Waals surface area contributed by atoms with Crippen LogP contribution in [-0.4, -0.2) is 30.3 Å². The van der Waals surface area contributed by atoms with Gasteiger partial charge in [-0.15, -0.1) is 5.10 Å². The van der Waals surface area contributed by atoms with Gasteiger partial charge in [-0.05, 0) is 19.0 Å². The molecule has 2 heterocycles. The van der Waals surface area contributed by atoms with Gasteiger partial charge in [-0.1, -0.05) is 35.4 Å². The van der Waals surface area contributed by atoms with Gasteiger partial charge in [0.05, 0.1) is 6.54 Å². The molecule has 100 valence electrons. The molecule has 0 aliphatic carbocycles. The summed E-state index contributed by atoms with van der Waals surface area (Å²) in [6.07, 6.45) is 1.13. The van der Waals surface area contributed by atoms with Crippen LogP contribution in [0.5, 0.6) is 0 Å². The summed E-state index contributed by atoms with van der Waals surface area (Å²) >= 11 is 0. The Morgan fingerprint density at radius 1 is 1.32 bits per heavy atom. The van der Waals surface area contributed by atoms with E-state index in [1.54, 1.807) is 0 Å². The molecule has 1 N–H and O–H groups in total. The first kappa shape index (κ1) is 12.2. The van der Waals surface area contributed by atoms with Gasteiger partial charge in [0.25, 0.3) is 0 Å². The van der Waals surface area contributed by atoms with E-state index in [0.29, 0.717) is 24.4 Å². The Morgan fingerprint density at radius 2 is 2.16 bits per heavy atom. The number of anilines is 1. The molecule has 1 unspecified atom stereocenters. The van der Waals surface area contributed by atoms with Crippen LogP contribution in [0.3, 0.4) is 0 Å². The van der Waals surface area contributed by atoms with Crippen molar-refractivity contribution >= 4 is 6.01 Å². The van der Waals surface area contributed by atoms with Crippen LogP contribution in [-0.2, 0) is 6.54 Å². The Balaban J connectivity index is 1.68. The molecule has 5 nitrogen and oxygen atoms in total. The molecule has 1 atom stereocenters. The number of rotatable bonds is 4. The molecule has 0 spiro atoms. The van der Waals surface area contributed by atoms with Crippen LogP contribution in [0.4, 0.5) is 6.01 Å². The van der Waals surface area contributed by atoms with Crippen molar-refractivity contribution < 1.29 is 4.42 Å². The van der Waals surface area contributed by atoms with Crippen LogP contribution in [0.15, 0.2) is 34.7 Å². The van der Waals surface area contributed by atoms with Crippen LogP contribution in [0.25, 0.3) is 0 Å². The third kappa shape index (κ3) is 2.61. The van der Waals surface area contributed by atoms with Crippen molar-refractivity contribution in [3.8, 4) is 0 Å². The van der Waals surface area contributed by atoms with Gasteiger partial charge >= 0.3 is 6.01 Å². The highest BCUT2D eigenvalue weighted by Gasteiger charge is 2.27. The van der Waals surface area contributed by atoms with E-state index in [2.05, 4.69) is 50.7 Å². The minimum Gasteiger partial charge on any atom is -0.407 e. The van der Waals surface area contributed by atoms with Crippen molar-refractivity contribution in [1.82, 2.24) is 15.5 Å². The van der Waals surface area contributed by atoms with E-state index in [0.717, 1.165) is 19.5 Å². The van der Waals surface area contributed by atoms with Gasteiger partial charge < -0.3 is 14.6 Å². The molecule has 0 radical (unpaired) electrons. The maximum absolute atomic E-state index is 5.63. The van der Waals surface area contributed by atoms with E-state index < -0.39 is 0 Å². The molecule has 0 bridgehead atoms. The molecule has 1 aliphatic rings. The molecule has 0 saturated carbocycles. The van der Waals surface area contributed by atoms with Gasteiger partial charge in [0, 0.05) is 19.0 Å². The zero-order chi connectivity index (χ0) is 13.1.